The number of hydrogen-bond acceptors (Lipinski definition) is 3. The van der Waals surface area contributed by atoms with Crippen molar-refractivity contribution in [3.63, 3.8) is 0 Å². The van der Waals surface area contributed by atoms with Crippen molar-refractivity contribution < 1.29 is 14.7 Å². The fourth-order valence-corrected chi connectivity index (χ4v) is 3.00. The van der Waals surface area contributed by atoms with Gasteiger partial charge in [-0.3, -0.25) is 9.59 Å². The highest BCUT2D eigenvalue weighted by molar-refractivity contribution is 5.78. The van der Waals surface area contributed by atoms with Crippen LogP contribution in [0.3, 0.4) is 0 Å². The summed E-state index contributed by atoms with van der Waals surface area (Å²) in [5, 5.41) is 12.0. The van der Waals surface area contributed by atoms with Crippen LogP contribution in [0, 0.1) is 0 Å². The molecule has 0 aromatic heterocycles. The third-order valence-corrected chi connectivity index (χ3v) is 4.79. The Morgan fingerprint density at radius 2 is 1.15 bits per heavy atom. The van der Waals surface area contributed by atoms with Crippen LogP contribution in [-0.4, -0.2) is 28.9 Å². The van der Waals surface area contributed by atoms with Gasteiger partial charge in [0.2, 0.25) is 5.91 Å². The molecule has 0 rings (SSSR count). The van der Waals surface area contributed by atoms with Gasteiger partial charge in [-0.1, -0.05) is 64.7 Å². The Hall–Kier alpha value is -0.900. The standard InChI is InChI=1S/C22H43NO3/c1-4-5-16-20(25)17-14-12-10-8-6-7-9-11-13-15-18-21(26)23-22(2,3)19-24/h24H,4-19H2,1-3H3,(H,23,26). The lowest BCUT2D eigenvalue weighted by Gasteiger charge is -2.23. The minimum Gasteiger partial charge on any atom is -0.394 e. The van der Waals surface area contributed by atoms with E-state index in [-0.39, 0.29) is 12.5 Å². The van der Waals surface area contributed by atoms with Gasteiger partial charge in [-0.25, -0.2) is 0 Å². The minimum absolute atomic E-state index is 0.0338. The molecule has 0 aromatic carbocycles. The number of ketones is 1. The molecule has 0 radical (unpaired) electrons. The molecule has 0 saturated heterocycles. The summed E-state index contributed by atoms with van der Waals surface area (Å²) in [7, 11) is 0. The highest BCUT2D eigenvalue weighted by atomic mass is 16.3. The summed E-state index contributed by atoms with van der Waals surface area (Å²) in [6, 6.07) is 0. The van der Waals surface area contributed by atoms with E-state index in [1.165, 1.54) is 44.9 Å². The third-order valence-electron chi connectivity index (χ3n) is 4.79. The minimum atomic E-state index is -0.514. The molecule has 26 heavy (non-hydrogen) atoms. The number of hydrogen-bond donors (Lipinski definition) is 2. The Bertz CT molecular complexity index is 366. The number of nitrogens with one attached hydrogen (secondary N) is 1. The number of rotatable bonds is 18. The van der Waals surface area contributed by atoms with Crippen LogP contribution in [0.4, 0.5) is 0 Å². The molecular formula is C22H43NO3. The van der Waals surface area contributed by atoms with Crippen LogP contribution < -0.4 is 5.32 Å². The Morgan fingerprint density at radius 3 is 1.62 bits per heavy atom. The number of carbonyl (C=O) groups is 2. The van der Waals surface area contributed by atoms with Crippen molar-refractivity contribution in [1.82, 2.24) is 5.32 Å². The number of carbonyl (C=O) groups excluding carboxylic acids is 2. The molecule has 0 heterocycles. The van der Waals surface area contributed by atoms with Crippen LogP contribution in [0.25, 0.3) is 0 Å². The van der Waals surface area contributed by atoms with Gasteiger partial charge in [0.05, 0.1) is 12.1 Å². The van der Waals surface area contributed by atoms with E-state index in [1.807, 2.05) is 13.8 Å². The smallest absolute Gasteiger partial charge is 0.220 e. The largest absolute Gasteiger partial charge is 0.394 e. The highest BCUT2D eigenvalue weighted by Gasteiger charge is 2.18. The molecule has 0 aliphatic rings. The molecule has 0 fully saturated rings. The van der Waals surface area contributed by atoms with Crippen LogP contribution in [-0.2, 0) is 9.59 Å². The Labute approximate surface area is 161 Å². The maximum Gasteiger partial charge on any atom is 0.220 e. The van der Waals surface area contributed by atoms with Gasteiger partial charge >= 0.3 is 0 Å². The van der Waals surface area contributed by atoms with E-state index in [1.54, 1.807) is 0 Å². The van der Waals surface area contributed by atoms with E-state index in [9.17, 15) is 9.59 Å². The highest BCUT2D eigenvalue weighted by Crippen LogP contribution is 2.13. The molecule has 0 bridgehead atoms. The number of amides is 1. The molecule has 0 saturated carbocycles. The van der Waals surface area contributed by atoms with Crippen molar-refractivity contribution in [2.45, 2.75) is 123 Å². The zero-order valence-electron chi connectivity index (χ0n) is 17.6. The second-order valence-corrected chi connectivity index (χ2v) is 8.27. The number of unbranched alkanes of at least 4 members (excludes halogenated alkanes) is 10. The van der Waals surface area contributed by atoms with Crippen LogP contribution in [0.15, 0.2) is 0 Å². The fourth-order valence-electron chi connectivity index (χ4n) is 3.00. The SMILES string of the molecule is CCCCC(=O)CCCCCCCCCCCCC(=O)NC(C)(C)CO. The van der Waals surface area contributed by atoms with Crippen LogP contribution in [0.1, 0.15) is 117 Å². The molecule has 0 aromatic rings. The topological polar surface area (TPSA) is 66.4 Å². The third kappa shape index (κ3) is 16.6. The summed E-state index contributed by atoms with van der Waals surface area (Å²) >= 11 is 0. The molecule has 4 nitrogen and oxygen atoms in total. The van der Waals surface area contributed by atoms with Crippen molar-refractivity contribution in [2.75, 3.05) is 6.61 Å². The van der Waals surface area contributed by atoms with Crippen molar-refractivity contribution >= 4 is 11.7 Å². The van der Waals surface area contributed by atoms with Gasteiger partial charge in [-0.15, -0.1) is 0 Å². The molecule has 0 spiro atoms. The van der Waals surface area contributed by atoms with Crippen molar-refractivity contribution in [1.29, 1.82) is 0 Å². The summed E-state index contributed by atoms with van der Waals surface area (Å²) in [5.74, 6) is 0.484. The second-order valence-electron chi connectivity index (χ2n) is 8.27. The average molecular weight is 370 g/mol. The first kappa shape index (κ1) is 25.1. The summed E-state index contributed by atoms with van der Waals surface area (Å²) in [6.07, 6.45) is 16.1. The average Bonchev–Trinajstić information content (AvgIpc) is 2.60. The Balaban J connectivity index is 3.29. The lowest BCUT2D eigenvalue weighted by atomic mass is 10.0. The maximum absolute atomic E-state index is 11.7. The number of Topliss-reactive ketones (excluding diaryl/α,β-unsaturated/α-hetero) is 1. The molecule has 0 aliphatic carbocycles. The molecule has 0 aliphatic heterocycles. The van der Waals surface area contributed by atoms with Gasteiger partial charge in [0.1, 0.15) is 5.78 Å². The lowest BCUT2D eigenvalue weighted by Crippen LogP contribution is -2.46. The van der Waals surface area contributed by atoms with Crippen molar-refractivity contribution in [3.8, 4) is 0 Å². The Kier molecular flexibility index (Phi) is 15.7. The molecule has 1 amide bonds. The molecular weight excluding hydrogens is 326 g/mol. The molecule has 2 N–H and O–H groups in total. The second kappa shape index (κ2) is 16.3. The van der Waals surface area contributed by atoms with E-state index in [0.29, 0.717) is 12.2 Å². The summed E-state index contributed by atoms with van der Waals surface area (Å²) < 4.78 is 0. The predicted octanol–water partition coefficient (Wildman–Crippen LogP) is 5.31. The summed E-state index contributed by atoms with van der Waals surface area (Å²) in [4.78, 5) is 23.3. The monoisotopic (exact) mass is 369 g/mol. The summed E-state index contributed by atoms with van der Waals surface area (Å²) in [5.41, 5.74) is -0.514. The van der Waals surface area contributed by atoms with Crippen molar-refractivity contribution in [3.05, 3.63) is 0 Å². The number of aliphatic hydroxyl groups excluding tert-OH is 1. The normalized spacial score (nSPS) is 11.5. The molecule has 154 valence electrons. The van der Waals surface area contributed by atoms with Gasteiger partial charge < -0.3 is 10.4 Å². The maximum atomic E-state index is 11.7. The van der Waals surface area contributed by atoms with Gasteiger partial charge in [0.25, 0.3) is 0 Å². The van der Waals surface area contributed by atoms with Crippen molar-refractivity contribution in [2.24, 2.45) is 0 Å². The van der Waals surface area contributed by atoms with E-state index in [4.69, 9.17) is 5.11 Å². The zero-order chi connectivity index (χ0) is 19.7. The van der Waals surface area contributed by atoms with Gasteiger partial charge in [-0.05, 0) is 33.1 Å². The van der Waals surface area contributed by atoms with Gasteiger partial charge in [0, 0.05) is 19.3 Å². The molecule has 4 heteroatoms. The fraction of sp³-hybridized carbons (Fsp3) is 0.909. The van der Waals surface area contributed by atoms with Gasteiger partial charge in [0.15, 0.2) is 0 Å². The Morgan fingerprint density at radius 1 is 0.731 bits per heavy atom. The van der Waals surface area contributed by atoms with Gasteiger partial charge in [-0.2, -0.15) is 0 Å². The number of aliphatic hydroxyl groups is 1. The zero-order valence-corrected chi connectivity index (χ0v) is 17.6. The van der Waals surface area contributed by atoms with E-state index >= 15 is 0 Å². The first-order valence-electron chi connectivity index (χ1n) is 10.8. The first-order chi connectivity index (χ1) is 12.4. The van der Waals surface area contributed by atoms with E-state index in [0.717, 1.165) is 44.9 Å². The predicted molar refractivity (Wildman–Crippen MR) is 109 cm³/mol. The summed E-state index contributed by atoms with van der Waals surface area (Å²) in [6.45, 7) is 5.75. The lowest BCUT2D eigenvalue weighted by molar-refractivity contribution is -0.123. The molecule has 0 atom stereocenters. The van der Waals surface area contributed by atoms with E-state index < -0.39 is 5.54 Å². The van der Waals surface area contributed by atoms with Crippen LogP contribution in [0.5, 0.6) is 0 Å². The molecule has 0 unspecified atom stereocenters. The van der Waals surface area contributed by atoms with Crippen LogP contribution >= 0.6 is 0 Å². The quantitative estimate of drug-likeness (QED) is 0.322. The first-order valence-corrected chi connectivity index (χ1v) is 10.8. The van der Waals surface area contributed by atoms with E-state index in [2.05, 4.69) is 12.2 Å². The van der Waals surface area contributed by atoms with Crippen LogP contribution in [0.2, 0.25) is 0 Å².